The SMILES string of the molecule is CCCCN(C(=O)COC(=O)CCS(=O)(=O)N(C)C)[C@@H]1CCS(=O)(=O)C1. The van der Waals surface area contributed by atoms with Gasteiger partial charge in [-0.1, -0.05) is 13.3 Å². The number of amides is 1. The second-order valence-electron chi connectivity index (χ2n) is 6.51. The summed E-state index contributed by atoms with van der Waals surface area (Å²) in [5.74, 6) is -1.65. The second-order valence-corrected chi connectivity index (χ2v) is 11.0. The van der Waals surface area contributed by atoms with E-state index in [1.54, 1.807) is 0 Å². The lowest BCUT2D eigenvalue weighted by Gasteiger charge is -2.28. The molecule has 0 aromatic rings. The van der Waals surface area contributed by atoms with E-state index < -0.39 is 50.1 Å². The van der Waals surface area contributed by atoms with E-state index in [1.807, 2.05) is 6.92 Å². The number of unbranched alkanes of at least 4 members (excludes halogenated alkanes) is 1. The average molecular weight is 413 g/mol. The monoisotopic (exact) mass is 412 g/mol. The molecule has 9 nitrogen and oxygen atoms in total. The molecule has 11 heteroatoms. The Morgan fingerprint density at radius 1 is 1.23 bits per heavy atom. The van der Waals surface area contributed by atoms with Crippen LogP contribution in [0.4, 0.5) is 0 Å². The summed E-state index contributed by atoms with van der Waals surface area (Å²) in [7, 11) is -3.92. The normalized spacial score (nSPS) is 19.5. The smallest absolute Gasteiger partial charge is 0.307 e. The van der Waals surface area contributed by atoms with Crippen molar-refractivity contribution in [2.45, 2.75) is 38.6 Å². The highest BCUT2D eigenvalue weighted by molar-refractivity contribution is 7.91. The summed E-state index contributed by atoms with van der Waals surface area (Å²) in [6.07, 6.45) is 1.59. The number of carbonyl (C=O) groups is 2. The predicted octanol–water partition coefficient (Wildman–Crippen LogP) is -0.373. The van der Waals surface area contributed by atoms with Crippen LogP contribution in [-0.2, 0) is 34.2 Å². The number of hydrogen-bond acceptors (Lipinski definition) is 7. The van der Waals surface area contributed by atoms with Gasteiger partial charge in [-0.05, 0) is 12.8 Å². The lowest BCUT2D eigenvalue weighted by molar-refractivity contribution is -0.152. The molecular weight excluding hydrogens is 384 g/mol. The molecule has 0 aromatic heterocycles. The zero-order valence-corrected chi connectivity index (χ0v) is 17.1. The first-order valence-corrected chi connectivity index (χ1v) is 12.0. The van der Waals surface area contributed by atoms with Gasteiger partial charge in [-0.15, -0.1) is 0 Å². The van der Waals surface area contributed by atoms with E-state index in [2.05, 4.69) is 0 Å². The Hall–Kier alpha value is -1.20. The molecule has 1 aliphatic rings. The molecule has 1 saturated heterocycles. The Kier molecular flexibility index (Phi) is 8.48. The minimum atomic E-state index is -3.52. The van der Waals surface area contributed by atoms with Crippen LogP contribution >= 0.6 is 0 Å². The molecule has 0 unspecified atom stereocenters. The Bertz CT molecular complexity index is 702. The van der Waals surface area contributed by atoms with Crippen molar-refractivity contribution in [1.82, 2.24) is 9.21 Å². The molecule has 1 heterocycles. The van der Waals surface area contributed by atoms with Crippen molar-refractivity contribution >= 4 is 31.7 Å². The molecule has 0 bridgehead atoms. The number of carbonyl (C=O) groups excluding carboxylic acids is 2. The van der Waals surface area contributed by atoms with Gasteiger partial charge in [0.25, 0.3) is 5.91 Å². The number of sulfone groups is 1. The number of ether oxygens (including phenoxy) is 1. The summed E-state index contributed by atoms with van der Waals surface area (Å²) in [5.41, 5.74) is 0. The number of hydrogen-bond donors (Lipinski definition) is 0. The van der Waals surface area contributed by atoms with Crippen molar-refractivity contribution in [3.8, 4) is 0 Å². The molecule has 1 fully saturated rings. The van der Waals surface area contributed by atoms with E-state index in [0.717, 1.165) is 17.1 Å². The molecule has 1 atom stereocenters. The van der Waals surface area contributed by atoms with Gasteiger partial charge in [0.15, 0.2) is 16.4 Å². The first-order chi connectivity index (χ1) is 12.0. The summed E-state index contributed by atoms with van der Waals surface area (Å²) in [4.78, 5) is 25.6. The Morgan fingerprint density at radius 2 is 1.88 bits per heavy atom. The Labute approximate surface area is 155 Å². The molecule has 26 heavy (non-hydrogen) atoms. The van der Waals surface area contributed by atoms with Gasteiger partial charge < -0.3 is 9.64 Å². The predicted molar refractivity (Wildman–Crippen MR) is 96.7 cm³/mol. The molecular formula is C15H28N2O7S2. The van der Waals surface area contributed by atoms with Gasteiger partial charge in [-0.2, -0.15) is 0 Å². The van der Waals surface area contributed by atoms with Crippen molar-refractivity contribution in [3.05, 3.63) is 0 Å². The van der Waals surface area contributed by atoms with Crippen molar-refractivity contribution < 1.29 is 31.2 Å². The molecule has 152 valence electrons. The highest BCUT2D eigenvalue weighted by atomic mass is 32.2. The van der Waals surface area contributed by atoms with E-state index in [4.69, 9.17) is 4.74 Å². The number of rotatable bonds is 10. The molecule has 0 saturated carbocycles. The fraction of sp³-hybridized carbons (Fsp3) is 0.867. The topological polar surface area (TPSA) is 118 Å². The molecule has 0 radical (unpaired) electrons. The third-order valence-electron chi connectivity index (χ3n) is 4.20. The highest BCUT2D eigenvalue weighted by Crippen LogP contribution is 2.18. The van der Waals surface area contributed by atoms with E-state index in [-0.39, 0.29) is 17.9 Å². The maximum atomic E-state index is 12.4. The van der Waals surface area contributed by atoms with Gasteiger partial charge >= 0.3 is 5.97 Å². The van der Waals surface area contributed by atoms with Crippen LogP contribution in [0.25, 0.3) is 0 Å². The van der Waals surface area contributed by atoms with E-state index in [0.29, 0.717) is 13.0 Å². The van der Waals surface area contributed by atoms with Crippen molar-refractivity contribution in [2.24, 2.45) is 0 Å². The molecule has 1 aliphatic heterocycles. The third-order valence-corrected chi connectivity index (χ3v) is 7.78. The average Bonchev–Trinajstić information content (AvgIpc) is 2.91. The maximum Gasteiger partial charge on any atom is 0.307 e. The fourth-order valence-corrected chi connectivity index (χ4v) is 5.07. The lowest BCUT2D eigenvalue weighted by atomic mass is 10.2. The van der Waals surface area contributed by atoms with Crippen LogP contribution < -0.4 is 0 Å². The Balaban J connectivity index is 2.57. The van der Waals surface area contributed by atoms with Gasteiger partial charge in [-0.25, -0.2) is 21.1 Å². The van der Waals surface area contributed by atoms with E-state index >= 15 is 0 Å². The van der Waals surface area contributed by atoms with Crippen molar-refractivity contribution in [2.75, 3.05) is 44.5 Å². The molecule has 1 amide bonds. The first kappa shape index (κ1) is 22.8. The molecule has 0 aromatic carbocycles. The van der Waals surface area contributed by atoms with Crippen LogP contribution in [0.1, 0.15) is 32.6 Å². The number of esters is 1. The lowest BCUT2D eigenvalue weighted by Crippen LogP contribution is -2.44. The summed E-state index contributed by atoms with van der Waals surface area (Å²) in [6, 6.07) is -0.396. The van der Waals surface area contributed by atoms with Crippen LogP contribution in [0, 0.1) is 0 Å². The zero-order chi connectivity index (χ0) is 20.0. The molecule has 0 spiro atoms. The van der Waals surface area contributed by atoms with Crippen molar-refractivity contribution in [1.29, 1.82) is 0 Å². The Morgan fingerprint density at radius 3 is 2.38 bits per heavy atom. The summed E-state index contributed by atoms with van der Waals surface area (Å²) >= 11 is 0. The number of nitrogens with zero attached hydrogens (tertiary/aromatic N) is 2. The van der Waals surface area contributed by atoms with Gasteiger partial charge in [0.2, 0.25) is 10.0 Å². The molecule has 0 N–H and O–H groups in total. The largest absolute Gasteiger partial charge is 0.456 e. The zero-order valence-electron chi connectivity index (χ0n) is 15.5. The minimum Gasteiger partial charge on any atom is -0.456 e. The third kappa shape index (κ3) is 7.20. The minimum absolute atomic E-state index is 0.0513. The first-order valence-electron chi connectivity index (χ1n) is 8.54. The fourth-order valence-electron chi connectivity index (χ4n) is 2.55. The van der Waals surface area contributed by atoms with Gasteiger partial charge in [0.1, 0.15) is 0 Å². The summed E-state index contributed by atoms with van der Waals surface area (Å²) < 4.78 is 52.5. The number of sulfonamides is 1. The highest BCUT2D eigenvalue weighted by Gasteiger charge is 2.34. The quantitative estimate of drug-likeness (QED) is 0.449. The van der Waals surface area contributed by atoms with Crippen LogP contribution in [-0.4, -0.2) is 88.5 Å². The standard InChI is InChI=1S/C15H28N2O7S2/c1-4-5-8-17(13-6-9-25(20,21)12-13)14(18)11-24-15(19)7-10-26(22,23)16(2)3/h13H,4-12H2,1-3H3/t13-/m1/s1. The van der Waals surface area contributed by atoms with Crippen LogP contribution in [0.5, 0.6) is 0 Å². The summed E-state index contributed by atoms with van der Waals surface area (Å²) in [5, 5.41) is 0. The molecule has 1 rings (SSSR count). The summed E-state index contributed by atoms with van der Waals surface area (Å²) in [6.45, 7) is 1.85. The van der Waals surface area contributed by atoms with Crippen LogP contribution in [0.3, 0.4) is 0 Å². The van der Waals surface area contributed by atoms with E-state index in [9.17, 15) is 26.4 Å². The van der Waals surface area contributed by atoms with Gasteiger partial charge in [0, 0.05) is 26.7 Å². The maximum absolute atomic E-state index is 12.4. The van der Waals surface area contributed by atoms with Crippen LogP contribution in [0.2, 0.25) is 0 Å². The second kappa shape index (κ2) is 9.65. The molecule has 0 aliphatic carbocycles. The van der Waals surface area contributed by atoms with E-state index in [1.165, 1.54) is 19.0 Å². The van der Waals surface area contributed by atoms with Crippen molar-refractivity contribution in [3.63, 3.8) is 0 Å². The van der Waals surface area contributed by atoms with Crippen LogP contribution in [0.15, 0.2) is 0 Å². The van der Waals surface area contributed by atoms with Gasteiger partial charge in [0.05, 0.1) is 23.7 Å². The van der Waals surface area contributed by atoms with Gasteiger partial charge in [-0.3, -0.25) is 9.59 Å².